The number of para-hydroxylation sites is 1. The maximum absolute atomic E-state index is 4.95. The zero-order chi connectivity index (χ0) is 23.3. The Balaban J connectivity index is 0.000000764. The molecule has 0 unspecified atom stereocenters. The van der Waals surface area contributed by atoms with Crippen molar-refractivity contribution >= 4 is 35.1 Å². The third-order valence-corrected chi connectivity index (χ3v) is 6.36. The van der Waals surface area contributed by atoms with Crippen LogP contribution in [0.1, 0.15) is 16.7 Å². The second-order valence-electron chi connectivity index (χ2n) is 8.20. The minimum absolute atomic E-state index is 0.556. The summed E-state index contributed by atoms with van der Waals surface area (Å²) in [6.07, 6.45) is 0.990. The molecule has 5 aromatic carbocycles. The molecule has 4 heteroatoms. The van der Waals surface area contributed by atoms with Crippen LogP contribution >= 0.6 is 18.6 Å². The second-order valence-corrected chi connectivity index (χ2v) is 10.8. The van der Waals surface area contributed by atoms with Gasteiger partial charge in [-0.15, -0.1) is 12.2 Å². The van der Waals surface area contributed by atoms with E-state index in [0.29, 0.717) is 6.54 Å². The predicted molar refractivity (Wildman–Crippen MR) is 142 cm³/mol. The monoisotopic (exact) mass is 514 g/mol. The van der Waals surface area contributed by atoms with Crippen LogP contribution in [-0.2, 0) is 30.0 Å². The van der Waals surface area contributed by atoms with Crippen molar-refractivity contribution < 1.29 is 17.0 Å². The van der Waals surface area contributed by atoms with E-state index in [4.69, 9.17) is 23.9 Å². The fourth-order valence-electron chi connectivity index (χ4n) is 4.87. The van der Waals surface area contributed by atoms with Crippen molar-refractivity contribution in [3.63, 3.8) is 0 Å². The summed E-state index contributed by atoms with van der Waals surface area (Å²) < 4.78 is 0. The molecule has 0 saturated heterocycles. The zero-order valence-electron chi connectivity index (χ0n) is 18.5. The Hall–Kier alpha value is -2.55. The molecule has 6 rings (SSSR count). The van der Waals surface area contributed by atoms with E-state index in [9.17, 15) is 0 Å². The summed E-state index contributed by atoms with van der Waals surface area (Å²) in [6.45, 7) is 0.664. The molecule has 0 radical (unpaired) electrons. The maximum Gasteiger partial charge on any atom is -0.000728 e. The van der Waals surface area contributed by atoms with E-state index < -0.39 is 17.0 Å². The van der Waals surface area contributed by atoms with Gasteiger partial charge >= 0.3 is 35.6 Å². The summed E-state index contributed by atoms with van der Waals surface area (Å²) in [7, 11) is 9.78. The first-order chi connectivity index (χ1) is 16.8. The largest absolute Gasteiger partial charge is 0.681 e. The third-order valence-electron chi connectivity index (χ3n) is 6.36. The van der Waals surface area contributed by atoms with Gasteiger partial charge in [-0.2, -0.15) is 0 Å². The first kappa shape index (κ1) is 23.2. The first-order valence-corrected chi connectivity index (χ1v) is 15.5. The van der Waals surface area contributed by atoms with Crippen LogP contribution in [0.4, 0.5) is 5.69 Å². The van der Waals surface area contributed by atoms with Crippen LogP contribution < -0.4 is 0 Å². The van der Waals surface area contributed by atoms with Gasteiger partial charge in [-0.3, -0.25) is 0 Å². The van der Waals surface area contributed by atoms with E-state index in [2.05, 4.69) is 91.0 Å². The van der Waals surface area contributed by atoms with Crippen LogP contribution in [0.25, 0.3) is 38.3 Å². The third kappa shape index (κ3) is 4.67. The van der Waals surface area contributed by atoms with Crippen LogP contribution in [0.3, 0.4) is 0 Å². The summed E-state index contributed by atoms with van der Waals surface area (Å²) in [6, 6.07) is 39.0. The average molecular weight is 515 g/mol. The number of hydrogen-bond donors (Lipinski definition) is 0. The van der Waals surface area contributed by atoms with Gasteiger partial charge < -0.3 is 5.32 Å². The van der Waals surface area contributed by atoms with Crippen LogP contribution in [0.15, 0.2) is 109 Å². The number of rotatable bonds is 4. The molecule has 0 heterocycles. The van der Waals surface area contributed by atoms with Crippen molar-refractivity contribution in [2.45, 2.75) is 13.0 Å². The molecule has 0 amide bonds. The Morgan fingerprint density at radius 2 is 1.26 bits per heavy atom. The van der Waals surface area contributed by atoms with Crippen molar-refractivity contribution in [1.29, 1.82) is 0 Å². The van der Waals surface area contributed by atoms with Gasteiger partial charge in [0.25, 0.3) is 0 Å². The van der Waals surface area contributed by atoms with Crippen molar-refractivity contribution in [1.82, 2.24) is 0 Å². The molecule has 0 aliphatic heterocycles. The number of fused-ring (bicyclic) bond motifs is 4. The van der Waals surface area contributed by atoms with E-state index in [1.54, 1.807) is 0 Å². The summed E-state index contributed by atoms with van der Waals surface area (Å²) in [5.41, 5.74) is 10.5. The van der Waals surface area contributed by atoms with Crippen LogP contribution in [-0.4, -0.2) is 0 Å². The number of nitrogens with zero attached hydrogens (tertiary/aromatic N) is 1. The quantitative estimate of drug-likeness (QED) is 0.208. The fourth-order valence-corrected chi connectivity index (χ4v) is 4.87. The molecule has 166 valence electrons. The van der Waals surface area contributed by atoms with Crippen molar-refractivity contribution in [2.75, 3.05) is 0 Å². The molecular weight excluding hydrogens is 493 g/mol. The first-order valence-electron chi connectivity index (χ1n) is 11.2. The molecule has 1 aliphatic carbocycles. The molecule has 5 aromatic rings. The Morgan fingerprint density at radius 1 is 0.618 bits per heavy atom. The molecule has 34 heavy (non-hydrogen) atoms. The Labute approximate surface area is 217 Å². The van der Waals surface area contributed by atoms with Gasteiger partial charge in [0.2, 0.25) is 0 Å². The van der Waals surface area contributed by atoms with E-state index in [0.717, 1.165) is 12.1 Å². The number of benzene rings is 5. The van der Waals surface area contributed by atoms with Gasteiger partial charge in [-0.05, 0) is 56.1 Å². The molecule has 1 aliphatic rings. The van der Waals surface area contributed by atoms with Gasteiger partial charge in [0, 0.05) is 0 Å². The molecule has 0 atom stereocenters. The van der Waals surface area contributed by atoms with Crippen molar-refractivity contribution in [3.05, 3.63) is 131 Å². The van der Waals surface area contributed by atoms with E-state index in [1.807, 2.05) is 18.2 Å². The van der Waals surface area contributed by atoms with Gasteiger partial charge in [0.15, 0.2) is 0 Å². The van der Waals surface area contributed by atoms with Gasteiger partial charge in [-0.1, -0.05) is 109 Å². The minimum Gasteiger partial charge on any atom is -0.681 e. The summed E-state index contributed by atoms with van der Waals surface area (Å²) in [4.78, 5) is 0. The normalized spacial score (nSPS) is 11.2. The van der Waals surface area contributed by atoms with Crippen LogP contribution in [0, 0.1) is 0 Å². The zero-order valence-corrected chi connectivity index (χ0v) is 21.6. The van der Waals surface area contributed by atoms with Crippen LogP contribution in [0.5, 0.6) is 0 Å². The molecule has 0 N–H and O–H groups in total. The average Bonchev–Trinajstić information content (AvgIpc) is 3.27. The fraction of sp³-hybridized carbons (Fsp3) is 0.0667. The molecule has 0 bridgehead atoms. The smallest absolute Gasteiger partial charge is 0.000728 e. The van der Waals surface area contributed by atoms with Crippen LogP contribution in [0.2, 0.25) is 0 Å². The standard InChI is InChI=1S/C30H22N.2ClH.Ti/c1-2-11-23(12-3-1)31-20-30-24-13-6-4-9-21(24)17-18-28(30)27-16-8-15-26-25-14-7-5-10-22(25)19-29(26)27;;;/h1-18H,19-20H2;2*1H;/q-1;;;+2/p-2. The SMILES string of the molecule is [Cl][Ti][Cl].c1ccc([N-]Cc2c(-c3cccc4c3Cc3ccccc3-4)ccc3ccccc23)cc1. The van der Waals surface area contributed by atoms with E-state index in [1.165, 1.54) is 49.7 Å². The Kier molecular flexibility index (Phi) is 7.37. The van der Waals surface area contributed by atoms with E-state index >= 15 is 0 Å². The molecule has 0 aromatic heterocycles. The molecule has 1 nitrogen and oxygen atoms in total. The van der Waals surface area contributed by atoms with E-state index in [-0.39, 0.29) is 0 Å². The summed E-state index contributed by atoms with van der Waals surface area (Å²) in [5.74, 6) is 0. The molecule has 0 saturated carbocycles. The predicted octanol–water partition coefficient (Wildman–Crippen LogP) is 9.66. The van der Waals surface area contributed by atoms with Crippen molar-refractivity contribution in [3.8, 4) is 22.3 Å². The minimum atomic E-state index is -0.556. The molecule has 0 fully saturated rings. The van der Waals surface area contributed by atoms with Gasteiger partial charge in [-0.25, -0.2) is 0 Å². The molecule has 0 spiro atoms. The topological polar surface area (TPSA) is 14.1 Å². The Morgan fingerprint density at radius 3 is 2.09 bits per heavy atom. The van der Waals surface area contributed by atoms with Crippen molar-refractivity contribution in [2.24, 2.45) is 0 Å². The summed E-state index contributed by atoms with van der Waals surface area (Å²) >= 11 is -0.556. The van der Waals surface area contributed by atoms with Gasteiger partial charge in [0.05, 0.1) is 0 Å². The molecular formula is C30H22Cl2NTi-. The number of hydrogen-bond acceptors (Lipinski definition) is 0. The summed E-state index contributed by atoms with van der Waals surface area (Å²) in [5, 5.41) is 7.50. The van der Waals surface area contributed by atoms with Gasteiger partial charge in [0.1, 0.15) is 0 Å². The Bertz CT molecular complexity index is 1430. The second kappa shape index (κ2) is 10.8. The number of halogens is 2. The maximum atomic E-state index is 4.95.